The maximum atomic E-state index is 11.7. The molecule has 7 heteroatoms. The number of hydrogen-bond donors (Lipinski definition) is 3. The molecule has 0 aromatic rings. The van der Waals surface area contributed by atoms with Gasteiger partial charge in [-0.05, 0) is 19.8 Å². The van der Waals surface area contributed by atoms with Crippen LogP contribution in [0.5, 0.6) is 0 Å². The third-order valence-electron chi connectivity index (χ3n) is 2.82. The molecule has 7 nitrogen and oxygen atoms in total. The van der Waals surface area contributed by atoms with Gasteiger partial charge >= 0.3 is 12.0 Å². The van der Waals surface area contributed by atoms with Crippen LogP contribution in [0.15, 0.2) is 0 Å². The van der Waals surface area contributed by atoms with Crippen LogP contribution in [0.25, 0.3) is 0 Å². The largest absolute Gasteiger partial charge is 0.481 e. The number of primary amides is 1. The van der Waals surface area contributed by atoms with E-state index in [-0.39, 0.29) is 6.54 Å². The Morgan fingerprint density at radius 2 is 2.12 bits per heavy atom. The molecule has 0 aliphatic carbocycles. The van der Waals surface area contributed by atoms with Crippen molar-refractivity contribution in [2.45, 2.75) is 25.8 Å². The lowest BCUT2D eigenvalue weighted by Crippen LogP contribution is -2.51. The summed E-state index contributed by atoms with van der Waals surface area (Å²) in [7, 11) is 0. The predicted molar refractivity (Wildman–Crippen MR) is 59.1 cm³/mol. The SMILES string of the molecule is CC(NC(=O)N1CCCC(C(=O)O)C1)C(N)=O. The molecule has 0 bridgehead atoms. The highest BCUT2D eigenvalue weighted by molar-refractivity contribution is 5.85. The molecule has 0 aromatic carbocycles. The molecule has 2 unspecified atom stereocenters. The Bertz CT molecular complexity index is 332. The summed E-state index contributed by atoms with van der Waals surface area (Å²) in [6.07, 6.45) is 1.22. The van der Waals surface area contributed by atoms with Gasteiger partial charge in [-0.25, -0.2) is 4.79 Å². The van der Waals surface area contributed by atoms with Crippen molar-refractivity contribution in [3.63, 3.8) is 0 Å². The van der Waals surface area contributed by atoms with Gasteiger partial charge in [0.25, 0.3) is 0 Å². The van der Waals surface area contributed by atoms with Crippen molar-refractivity contribution in [1.82, 2.24) is 10.2 Å². The minimum atomic E-state index is -0.898. The number of aliphatic carboxylic acids is 1. The van der Waals surface area contributed by atoms with Gasteiger partial charge < -0.3 is 21.1 Å². The van der Waals surface area contributed by atoms with E-state index in [1.54, 1.807) is 0 Å². The van der Waals surface area contributed by atoms with Crippen LogP contribution in [-0.4, -0.2) is 47.0 Å². The van der Waals surface area contributed by atoms with Gasteiger partial charge in [-0.15, -0.1) is 0 Å². The average Bonchev–Trinajstić information content (AvgIpc) is 2.28. The highest BCUT2D eigenvalue weighted by atomic mass is 16.4. The van der Waals surface area contributed by atoms with Crippen molar-refractivity contribution in [2.24, 2.45) is 11.7 Å². The standard InChI is InChI=1S/C10H17N3O4/c1-6(8(11)14)12-10(17)13-4-2-3-7(5-13)9(15)16/h6-7H,2-5H2,1H3,(H2,11,14)(H,12,17)(H,15,16). The van der Waals surface area contributed by atoms with E-state index in [4.69, 9.17) is 10.8 Å². The third-order valence-corrected chi connectivity index (χ3v) is 2.82. The van der Waals surface area contributed by atoms with Crippen LogP contribution in [0.3, 0.4) is 0 Å². The highest BCUT2D eigenvalue weighted by Crippen LogP contribution is 2.16. The number of amides is 3. The lowest BCUT2D eigenvalue weighted by atomic mass is 9.99. The van der Waals surface area contributed by atoms with Crippen molar-refractivity contribution < 1.29 is 19.5 Å². The molecule has 1 rings (SSSR count). The molecule has 96 valence electrons. The topological polar surface area (TPSA) is 113 Å². The Hall–Kier alpha value is -1.79. The zero-order valence-electron chi connectivity index (χ0n) is 9.68. The van der Waals surface area contributed by atoms with Crippen LogP contribution in [0, 0.1) is 5.92 Å². The molecule has 4 N–H and O–H groups in total. The van der Waals surface area contributed by atoms with Gasteiger partial charge in [0.2, 0.25) is 5.91 Å². The monoisotopic (exact) mass is 243 g/mol. The zero-order valence-corrected chi connectivity index (χ0v) is 9.68. The molecule has 1 fully saturated rings. The Morgan fingerprint density at radius 1 is 1.47 bits per heavy atom. The second kappa shape index (κ2) is 5.51. The van der Waals surface area contributed by atoms with Gasteiger partial charge in [0.1, 0.15) is 6.04 Å². The van der Waals surface area contributed by atoms with E-state index in [0.29, 0.717) is 19.4 Å². The molecule has 0 radical (unpaired) electrons. The molecule has 17 heavy (non-hydrogen) atoms. The number of hydrogen-bond acceptors (Lipinski definition) is 3. The summed E-state index contributed by atoms with van der Waals surface area (Å²) >= 11 is 0. The number of nitrogens with two attached hydrogens (primary N) is 1. The van der Waals surface area contributed by atoms with Gasteiger partial charge in [0.15, 0.2) is 0 Å². The molecular formula is C10H17N3O4. The fourth-order valence-corrected chi connectivity index (χ4v) is 1.71. The minimum Gasteiger partial charge on any atom is -0.481 e. The molecule has 1 heterocycles. The molecule has 0 aromatic heterocycles. The maximum Gasteiger partial charge on any atom is 0.318 e. The fraction of sp³-hybridized carbons (Fsp3) is 0.700. The van der Waals surface area contributed by atoms with E-state index >= 15 is 0 Å². The van der Waals surface area contributed by atoms with E-state index in [1.807, 2.05) is 0 Å². The Morgan fingerprint density at radius 3 is 2.65 bits per heavy atom. The van der Waals surface area contributed by atoms with Crippen molar-refractivity contribution in [3.8, 4) is 0 Å². The van der Waals surface area contributed by atoms with Gasteiger partial charge in [-0.1, -0.05) is 0 Å². The molecule has 1 saturated heterocycles. The summed E-state index contributed by atoms with van der Waals surface area (Å²) in [6.45, 7) is 2.16. The van der Waals surface area contributed by atoms with Gasteiger partial charge in [0, 0.05) is 13.1 Å². The molecule has 2 atom stereocenters. The van der Waals surface area contributed by atoms with E-state index in [1.165, 1.54) is 11.8 Å². The van der Waals surface area contributed by atoms with Gasteiger partial charge in [-0.3, -0.25) is 9.59 Å². The first-order valence-electron chi connectivity index (χ1n) is 5.49. The molecule has 1 aliphatic rings. The third kappa shape index (κ3) is 3.61. The number of piperidine rings is 1. The number of urea groups is 1. The summed E-state index contributed by atoms with van der Waals surface area (Å²) < 4.78 is 0. The van der Waals surface area contributed by atoms with Crippen LogP contribution >= 0.6 is 0 Å². The van der Waals surface area contributed by atoms with Crippen LogP contribution in [0.4, 0.5) is 4.79 Å². The number of carbonyl (C=O) groups excluding carboxylic acids is 2. The number of nitrogens with zero attached hydrogens (tertiary/aromatic N) is 1. The summed E-state index contributed by atoms with van der Waals surface area (Å²) in [4.78, 5) is 34.7. The maximum absolute atomic E-state index is 11.7. The number of carbonyl (C=O) groups is 3. The van der Waals surface area contributed by atoms with E-state index < -0.39 is 29.9 Å². The Kier molecular flexibility index (Phi) is 4.30. The van der Waals surface area contributed by atoms with Crippen molar-refractivity contribution in [1.29, 1.82) is 0 Å². The smallest absolute Gasteiger partial charge is 0.318 e. The van der Waals surface area contributed by atoms with Crippen LogP contribution in [0.2, 0.25) is 0 Å². The first-order valence-corrected chi connectivity index (χ1v) is 5.49. The molecule has 0 spiro atoms. The number of carboxylic acids is 1. The number of carboxylic acid groups (broad SMARTS) is 1. The minimum absolute atomic E-state index is 0.173. The second-order valence-corrected chi connectivity index (χ2v) is 4.20. The second-order valence-electron chi connectivity index (χ2n) is 4.20. The molecule has 3 amide bonds. The van der Waals surface area contributed by atoms with E-state index in [2.05, 4.69) is 5.32 Å². The van der Waals surface area contributed by atoms with Crippen molar-refractivity contribution in [3.05, 3.63) is 0 Å². The van der Waals surface area contributed by atoms with Crippen molar-refractivity contribution >= 4 is 17.9 Å². The Balaban J connectivity index is 2.52. The van der Waals surface area contributed by atoms with E-state index in [9.17, 15) is 14.4 Å². The average molecular weight is 243 g/mol. The summed E-state index contributed by atoms with van der Waals surface area (Å²) in [5.74, 6) is -2.05. The highest BCUT2D eigenvalue weighted by Gasteiger charge is 2.28. The van der Waals surface area contributed by atoms with E-state index in [0.717, 1.165) is 0 Å². The predicted octanol–water partition coefficient (Wildman–Crippen LogP) is -0.634. The number of likely N-dealkylation sites (tertiary alicyclic amines) is 1. The Labute approximate surface area is 98.9 Å². The van der Waals surface area contributed by atoms with Gasteiger partial charge in [-0.2, -0.15) is 0 Å². The summed E-state index contributed by atoms with van der Waals surface area (Å²) in [6, 6.07) is -1.20. The number of nitrogens with one attached hydrogen (secondary N) is 1. The zero-order chi connectivity index (χ0) is 13.0. The van der Waals surface area contributed by atoms with Crippen LogP contribution in [0.1, 0.15) is 19.8 Å². The fourth-order valence-electron chi connectivity index (χ4n) is 1.71. The van der Waals surface area contributed by atoms with Crippen LogP contribution < -0.4 is 11.1 Å². The quantitative estimate of drug-likeness (QED) is 0.612. The van der Waals surface area contributed by atoms with Gasteiger partial charge in [0.05, 0.1) is 5.92 Å². The normalized spacial score (nSPS) is 21.7. The van der Waals surface area contributed by atoms with Crippen LogP contribution in [-0.2, 0) is 9.59 Å². The summed E-state index contributed by atoms with van der Waals surface area (Å²) in [5.41, 5.74) is 5.02. The first-order chi connectivity index (χ1) is 7.91. The lowest BCUT2D eigenvalue weighted by Gasteiger charge is -2.31. The molecule has 1 aliphatic heterocycles. The molecular weight excluding hydrogens is 226 g/mol. The lowest BCUT2D eigenvalue weighted by molar-refractivity contribution is -0.143. The molecule has 0 saturated carbocycles. The summed E-state index contributed by atoms with van der Waals surface area (Å²) in [5, 5.41) is 11.3. The number of rotatable bonds is 3. The first kappa shape index (κ1) is 13.3. The van der Waals surface area contributed by atoms with Crippen molar-refractivity contribution in [2.75, 3.05) is 13.1 Å².